The zero-order valence-corrected chi connectivity index (χ0v) is 15.6. The van der Waals surface area contributed by atoms with Crippen LogP contribution in [0.1, 0.15) is 40.5 Å². The summed E-state index contributed by atoms with van der Waals surface area (Å²) >= 11 is 0. The molecule has 2 rings (SSSR count). The van der Waals surface area contributed by atoms with E-state index in [-0.39, 0.29) is 6.09 Å². The van der Waals surface area contributed by atoms with Gasteiger partial charge in [0.2, 0.25) is 5.88 Å². The first-order valence-electron chi connectivity index (χ1n) is 8.78. The number of amides is 1. The van der Waals surface area contributed by atoms with Crippen LogP contribution in [0.2, 0.25) is 0 Å². The first kappa shape index (κ1) is 19.1. The lowest BCUT2D eigenvalue weighted by molar-refractivity contribution is 0.0263. The Morgan fingerprint density at radius 3 is 2.68 bits per heavy atom. The Labute approximate surface area is 149 Å². The first-order chi connectivity index (χ1) is 11.8. The maximum atomic E-state index is 12.3. The Balaban J connectivity index is 2.04. The van der Waals surface area contributed by atoms with Crippen molar-refractivity contribution in [2.45, 2.75) is 46.1 Å². The number of hydrogen-bond acceptors (Lipinski definition) is 7. The highest BCUT2D eigenvalue weighted by molar-refractivity contribution is 5.69. The fraction of sp³-hybridized carbons (Fsp3) is 0.706. The maximum absolute atomic E-state index is 12.3. The van der Waals surface area contributed by atoms with Gasteiger partial charge in [-0.15, -0.1) is 0 Å². The highest BCUT2D eigenvalue weighted by atomic mass is 16.6. The topological polar surface area (TPSA) is 93.8 Å². The van der Waals surface area contributed by atoms with E-state index in [1.165, 1.54) is 6.33 Å². The monoisotopic (exact) mass is 351 g/mol. The number of nitrogens with two attached hydrogens (primary N) is 1. The van der Waals surface area contributed by atoms with Gasteiger partial charge < -0.3 is 25.0 Å². The number of nitrogens with zero attached hydrogens (tertiary/aromatic N) is 4. The van der Waals surface area contributed by atoms with Crippen LogP contribution in [0.5, 0.6) is 5.88 Å². The molecule has 1 aromatic heterocycles. The highest BCUT2D eigenvalue weighted by Crippen LogP contribution is 2.28. The molecule has 1 aliphatic heterocycles. The van der Waals surface area contributed by atoms with Crippen molar-refractivity contribution in [3.05, 3.63) is 6.33 Å². The Hall–Kier alpha value is -2.25. The van der Waals surface area contributed by atoms with Gasteiger partial charge in [-0.25, -0.2) is 9.78 Å². The molecule has 0 radical (unpaired) electrons. The average molecular weight is 351 g/mol. The van der Waals surface area contributed by atoms with Gasteiger partial charge in [0, 0.05) is 26.2 Å². The fourth-order valence-corrected chi connectivity index (χ4v) is 2.57. The molecule has 1 amide bonds. The number of nitrogen functional groups attached to an aromatic ring is 1. The molecule has 0 aliphatic carbocycles. The first-order valence-corrected chi connectivity index (χ1v) is 8.78. The average Bonchev–Trinajstić information content (AvgIpc) is 2.78. The van der Waals surface area contributed by atoms with Gasteiger partial charge in [-0.05, 0) is 33.6 Å². The van der Waals surface area contributed by atoms with E-state index in [0.29, 0.717) is 43.6 Å². The molecule has 0 saturated carbocycles. The molecular formula is C17H29N5O3. The zero-order valence-electron chi connectivity index (χ0n) is 15.6. The van der Waals surface area contributed by atoms with Gasteiger partial charge >= 0.3 is 6.09 Å². The fourth-order valence-electron chi connectivity index (χ4n) is 2.57. The summed E-state index contributed by atoms with van der Waals surface area (Å²) in [6, 6.07) is 0. The van der Waals surface area contributed by atoms with Crippen molar-refractivity contribution in [1.82, 2.24) is 14.9 Å². The molecular weight excluding hydrogens is 322 g/mol. The largest absolute Gasteiger partial charge is 0.476 e. The van der Waals surface area contributed by atoms with Crippen molar-refractivity contribution in [2.75, 3.05) is 43.4 Å². The standard InChI is InChI=1S/C17H29N5O3/c1-5-11-24-15-13(18)14(19-12-20-15)21-7-6-8-22(10-9-21)16(23)25-17(2,3)4/h12H,5-11,18H2,1-4H3. The number of carbonyl (C=O) groups excluding carboxylic acids is 1. The molecule has 0 spiro atoms. The molecule has 2 heterocycles. The molecule has 1 aliphatic rings. The summed E-state index contributed by atoms with van der Waals surface area (Å²) in [6.07, 6.45) is 2.88. The molecule has 8 nitrogen and oxygen atoms in total. The van der Waals surface area contributed by atoms with Crippen molar-refractivity contribution in [1.29, 1.82) is 0 Å². The third kappa shape index (κ3) is 5.37. The third-order valence-electron chi connectivity index (χ3n) is 3.72. The van der Waals surface area contributed by atoms with Crippen LogP contribution in [-0.2, 0) is 4.74 Å². The molecule has 1 saturated heterocycles. The van der Waals surface area contributed by atoms with Gasteiger partial charge in [-0.2, -0.15) is 4.98 Å². The lowest BCUT2D eigenvalue weighted by Crippen LogP contribution is -2.39. The van der Waals surface area contributed by atoms with Gasteiger partial charge in [-0.1, -0.05) is 6.92 Å². The van der Waals surface area contributed by atoms with E-state index >= 15 is 0 Å². The van der Waals surface area contributed by atoms with Crippen molar-refractivity contribution in [2.24, 2.45) is 0 Å². The van der Waals surface area contributed by atoms with Crippen LogP contribution in [0.3, 0.4) is 0 Å². The number of hydrogen-bond donors (Lipinski definition) is 1. The second-order valence-corrected chi connectivity index (χ2v) is 7.07. The van der Waals surface area contributed by atoms with Gasteiger partial charge in [0.05, 0.1) is 6.61 Å². The minimum absolute atomic E-state index is 0.281. The summed E-state index contributed by atoms with van der Waals surface area (Å²) < 4.78 is 11.0. The van der Waals surface area contributed by atoms with E-state index in [1.54, 1.807) is 4.90 Å². The second-order valence-electron chi connectivity index (χ2n) is 7.07. The summed E-state index contributed by atoms with van der Waals surface area (Å²) in [6.45, 7) is 10.8. The van der Waals surface area contributed by atoms with E-state index < -0.39 is 5.60 Å². The Morgan fingerprint density at radius 2 is 2.00 bits per heavy atom. The van der Waals surface area contributed by atoms with E-state index in [1.807, 2.05) is 27.7 Å². The number of aromatic nitrogens is 2. The molecule has 0 unspecified atom stereocenters. The summed E-state index contributed by atoms with van der Waals surface area (Å²) in [5.41, 5.74) is 6.14. The molecule has 1 aromatic rings. The maximum Gasteiger partial charge on any atom is 0.410 e. The van der Waals surface area contributed by atoms with Gasteiger partial charge in [0.25, 0.3) is 0 Å². The molecule has 140 valence electrons. The number of anilines is 2. The molecule has 0 aromatic carbocycles. The summed E-state index contributed by atoms with van der Waals surface area (Å²) in [5, 5.41) is 0. The van der Waals surface area contributed by atoms with Crippen LogP contribution in [0.15, 0.2) is 6.33 Å². The molecule has 8 heteroatoms. The summed E-state index contributed by atoms with van der Waals surface area (Å²) in [4.78, 5) is 24.5. The van der Waals surface area contributed by atoms with Crippen molar-refractivity contribution >= 4 is 17.6 Å². The Bertz CT molecular complexity index is 588. The number of rotatable bonds is 4. The second kappa shape index (κ2) is 8.22. The Kier molecular flexibility index (Phi) is 6.27. The van der Waals surface area contributed by atoms with Crippen LogP contribution in [0.25, 0.3) is 0 Å². The van der Waals surface area contributed by atoms with Crippen molar-refractivity contribution in [3.63, 3.8) is 0 Å². The smallest absolute Gasteiger partial charge is 0.410 e. The van der Waals surface area contributed by atoms with Crippen LogP contribution >= 0.6 is 0 Å². The Morgan fingerprint density at radius 1 is 1.24 bits per heavy atom. The van der Waals surface area contributed by atoms with E-state index in [9.17, 15) is 4.79 Å². The van der Waals surface area contributed by atoms with E-state index in [0.717, 1.165) is 19.4 Å². The normalized spacial score (nSPS) is 15.7. The number of carbonyl (C=O) groups is 1. The minimum atomic E-state index is -0.494. The highest BCUT2D eigenvalue weighted by Gasteiger charge is 2.26. The van der Waals surface area contributed by atoms with E-state index in [2.05, 4.69) is 14.9 Å². The van der Waals surface area contributed by atoms with Gasteiger partial charge in [0.1, 0.15) is 17.6 Å². The van der Waals surface area contributed by atoms with Crippen LogP contribution < -0.4 is 15.4 Å². The zero-order chi connectivity index (χ0) is 18.4. The number of ether oxygens (including phenoxy) is 2. The lowest BCUT2D eigenvalue weighted by atomic mass is 10.2. The SMILES string of the molecule is CCCOc1ncnc(N2CCCN(C(=O)OC(C)(C)C)CC2)c1N. The molecule has 0 atom stereocenters. The minimum Gasteiger partial charge on any atom is -0.476 e. The lowest BCUT2D eigenvalue weighted by Gasteiger charge is -2.27. The summed E-state index contributed by atoms with van der Waals surface area (Å²) in [7, 11) is 0. The van der Waals surface area contributed by atoms with Crippen LogP contribution in [0, 0.1) is 0 Å². The molecule has 2 N–H and O–H groups in total. The van der Waals surface area contributed by atoms with Crippen LogP contribution in [-0.4, -0.2) is 59.3 Å². The third-order valence-corrected chi connectivity index (χ3v) is 3.72. The van der Waals surface area contributed by atoms with Gasteiger partial charge in [0.15, 0.2) is 5.82 Å². The van der Waals surface area contributed by atoms with Crippen molar-refractivity contribution in [3.8, 4) is 5.88 Å². The van der Waals surface area contributed by atoms with Gasteiger partial charge in [-0.3, -0.25) is 0 Å². The predicted octanol–water partition coefficient (Wildman–Crippen LogP) is 2.29. The predicted molar refractivity (Wildman–Crippen MR) is 96.9 cm³/mol. The van der Waals surface area contributed by atoms with Crippen LogP contribution in [0.4, 0.5) is 16.3 Å². The quantitative estimate of drug-likeness (QED) is 0.889. The van der Waals surface area contributed by atoms with E-state index in [4.69, 9.17) is 15.2 Å². The molecule has 1 fully saturated rings. The molecule has 25 heavy (non-hydrogen) atoms. The molecule has 0 bridgehead atoms. The summed E-state index contributed by atoms with van der Waals surface area (Å²) in [5.74, 6) is 1.08. The van der Waals surface area contributed by atoms with Crippen molar-refractivity contribution < 1.29 is 14.3 Å².